The molecule has 0 atom stereocenters. The molecule has 0 unspecified atom stereocenters. The lowest BCUT2D eigenvalue weighted by atomic mass is 10.2. The van der Waals surface area contributed by atoms with Crippen molar-refractivity contribution in [1.29, 1.82) is 0 Å². The van der Waals surface area contributed by atoms with Gasteiger partial charge in [0.25, 0.3) is 0 Å². The van der Waals surface area contributed by atoms with Crippen LogP contribution in [0.2, 0.25) is 0 Å². The summed E-state index contributed by atoms with van der Waals surface area (Å²) in [7, 11) is -1.33. The molecule has 1 heterocycles. The van der Waals surface area contributed by atoms with Gasteiger partial charge in [0.05, 0.1) is 22.5 Å². The average Bonchev–Trinajstić information content (AvgIpc) is 2.85. The molecule has 21 heavy (non-hydrogen) atoms. The van der Waals surface area contributed by atoms with Gasteiger partial charge in [-0.15, -0.1) is 0 Å². The van der Waals surface area contributed by atoms with Crippen molar-refractivity contribution in [2.45, 2.75) is 24.7 Å². The van der Waals surface area contributed by atoms with E-state index in [1.165, 1.54) is 0 Å². The van der Waals surface area contributed by atoms with Crippen LogP contribution in [0.15, 0.2) is 41.6 Å². The fourth-order valence-electron chi connectivity index (χ4n) is 2.21. The molecule has 2 aromatic rings. The SMILES string of the molecule is CCCS(=O)(=O)c1ccccc1NCCc1cnn(C)c1. The van der Waals surface area contributed by atoms with Gasteiger partial charge in [-0.1, -0.05) is 19.1 Å². The van der Waals surface area contributed by atoms with E-state index in [1.54, 1.807) is 16.8 Å². The average molecular weight is 307 g/mol. The van der Waals surface area contributed by atoms with E-state index in [-0.39, 0.29) is 5.75 Å². The largest absolute Gasteiger partial charge is 0.384 e. The number of rotatable bonds is 7. The number of sulfone groups is 1. The van der Waals surface area contributed by atoms with Crippen LogP contribution in [0.5, 0.6) is 0 Å². The van der Waals surface area contributed by atoms with Gasteiger partial charge in [0.15, 0.2) is 9.84 Å². The van der Waals surface area contributed by atoms with Crippen LogP contribution in [0.3, 0.4) is 0 Å². The van der Waals surface area contributed by atoms with Crippen molar-refractivity contribution in [3.05, 3.63) is 42.2 Å². The van der Waals surface area contributed by atoms with Crippen LogP contribution < -0.4 is 5.32 Å². The van der Waals surface area contributed by atoms with Crippen LogP contribution in [-0.4, -0.2) is 30.5 Å². The van der Waals surface area contributed by atoms with Gasteiger partial charge in [-0.2, -0.15) is 5.10 Å². The van der Waals surface area contributed by atoms with E-state index in [1.807, 2.05) is 38.5 Å². The first-order chi connectivity index (χ1) is 10.0. The highest BCUT2D eigenvalue weighted by atomic mass is 32.2. The summed E-state index contributed by atoms with van der Waals surface area (Å²) in [6.45, 7) is 2.54. The number of nitrogens with one attached hydrogen (secondary N) is 1. The molecular weight excluding hydrogens is 286 g/mol. The summed E-state index contributed by atoms with van der Waals surface area (Å²) in [5, 5.41) is 7.34. The molecular formula is C15H21N3O2S. The van der Waals surface area contributed by atoms with Crippen molar-refractivity contribution < 1.29 is 8.42 Å². The molecule has 0 bridgehead atoms. The second-order valence-corrected chi connectivity index (χ2v) is 7.09. The number of benzene rings is 1. The first-order valence-corrected chi connectivity index (χ1v) is 8.71. The number of aromatic nitrogens is 2. The lowest BCUT2D eigenvalue weighted by Crippen LogP contribution is -2.12. The quantitative estimate of drug-likeness (QED) is 0.852. The minimum atomic E-state index is -3.21. The van der Waals surface area contributed by atoms with Crippen LogP contribution in [-0.2, 0) is 23.3 Å². The van der Waals surface area contributed by atoms with Crippen molar-refractivity contribution >= 4 is 15.5 Å². The summed E-state index contributed by atoms with van der Waals surface area (Å²) in [5.41, 5.74) is 1.80. The van der Waals surface area contributed by atoms with Crippen molar-refractivity contribution in [2.24, 2.45) is 7.05 Å². The van der Waals surface area contributed by atoms with E-state index in [9.17, 15) is 8.42 Å². The molecule has 1 aromatic heterocycles. The molecule has 0 amide bonds. The number of anilines is 1. The molecule has 5 nitrogen and oxygen atoms in total. The Labute approximate surface area is 125 Å². The Morgan fingerprint density at radius 3 is 2.71 bits per heavy atom. The van der Waals surface area contributed by atoms with Gasteiger partial charge in [0, 0.05) is 19.8 Å². The van der Waals surface area contributed by atoms with Crippen LogP contribution in [0, 0.1) is 0 Å². The Hall–Kier alpha value is -1.82. The number of nitrogens with zero attached hydrogens (tertiary/aromatic N) is 2. The van der Waals surface area contributed by atoms with E-state index < -0.39 is 9.84 Å². The maximum atomic E-state index is 12.2. The summed E-state index contributed by atoms with van der Waals surface area (Å²) in [6, 6.07) is 7.08. The molecule has 0 saturated carbocycles. The van der Waals surface area contributed by atoms with Crippen LogP contribution in [0.25, 0.3) is 0 Å². The monoisotopic (exact) mass is 307 g/mol. The van der Waals surface area contributed by atoms with Gasteiger partial charge in [-0.25, -0.2) is 8.42 Å². The Morgan fingerprint density at radius 2 is 2.05 bits per heavy atom. The van der Waals surface area contributed by atoms with Gasteiger partial charge >= 0.3 is 0 Å². The molecule has 0 aliphatic heterocycles. The molecule has 6 heteroatoms. The Kier molecular flexibility index (Phi) is 5.01. The minimum Gasteiger partial charge on any atom is -0.384 e. The molecule has 1 N–H and O–H groups in total. The fourth-order valence-corrected chi connectivity index (χ4v) is 3.72. The van der Waals surface area contributed by atoms with Crippen molar-refractivity contribution in [3.63, 3.8) is 0 Å². The van der Waals surface area contributed by atoms with E-state index in [0.29, 0.717) is 23.5 Å². The summed E-state index contributed by atoms with van der Waals surface area (Å²) >= 11 is 0. The van der Waals surface area contributed by atoms with Crippen molar-refractivity contribution in [1.82, 2.24) is 9.78 Å². The Balaban J connectivity index is 2.06. The standard InChI is InChI=1S/C15H21N3O2S/c1-3-10-21(19,20)15-7-5-4-6-14(15)16-9-8-13-11-17-18(2)12-13/h4-7,11-12,16H,3,8-10H2,1-2H3. The first-order valence-electron chi connectivity index (χ1n) is 7.06. The molecule has 0 saturated heterocycles. The molecule has 0 aliphatic rings. The van der Waals surface area contributed by atoms with E-state index in [2.05, 4.69) is 10.4 Å². The van der Waals surface area contributed by atoms with E-state index in [4.69, 9.17) is 0 Å². The Morgan fingerprint density at radius 1 is 1.29 bits per heavy atom. The Bertz CT molecular complexity index is 692. The number of hydrogen-bond donors (Lipinski definition) is 1. The molecule has 0 aliphatic carbocycles. The van der Waals surface area contributed by atoms with Crippen molar-refractivity contribution in [2.75, 3.05) is 17.6 Å². The third kappa shape index (κ3) is 4.07. The number of aryl methyl sites for hydroxylation is 1. The normalized spacial score (nSPS) is 11.5. The van der Waals surface area contributed by atoms with Gasteiger partial charge in [0.1, 0.15) is 0 Å². The summed E-state index contributed by atoms with van der Waals surface area (Å²) in [5.74, 6) is 0.175. The second kappa shape index (κ2) is 6.76. The molecule has 1 aromatic carbocycles. The van der Waals surface area contributed by atoms with Gasteiger partial charge in [0.2, 0.25) is 0 Å². The third-order valence-electron chi connectivity index (χ3n) is 3.18. The molecule has 0 spiro atoms. The smallest absolute Gasteiger partial charge is 0.180 e. The summed E-state index contributed by atoms with van der Waals surface area (Å²) in [4.78, 5) is 0.387. The zero-order valence-electron chi connectivity index (χ0n) is 12.4. The second-order valence-electron chi connectivity index (χ2n) is 5.01. The summed E-state index contributed by atoms with van der Waals surface area (Å²) < 4.78 is 26.2. The van der Waals surface area contributed by atoms with Gasteiger partial charge in [-0.05, 0) is 30.5 Å². The third-order valence-corrected chi connectivity index (χ3v) is 5.15. The number of para-hydroxylation sites is 1. The van der Waals surface area contributed by atoms with Crippen LogP contribution in [0.4, 0.5) is 5.69 Å². The number of hydrogen-bond acceptors (Lipinski definition) is 4. The van der Waals surface area contributed by atoms with Crippen molar-refractivity contribution in [3.8, 4) is 0 Å². The van der Waals surface area contributed by atoms with Gasteiger partial charge in [-0.3, -0.25) is 4.68 Å². The highest BCUT2D eigenvalue weighted by Gasteiger charge is 2.16. The van der Waals surface area contributed by atoms with E-state index >= 15 is 0 Å². The zero-order chi connectivity index (χ0) is 15.3. The van der Waals surface area contributed by atoms with Crippen LogP contribution >= 0.6 is 0 Å². The topological polar surface area (TPSA) is 64.0 Å². The molecule has 0 fully saturated rings. The fraction of sp³-hybridized carbons (Fsp3) is 0.400. The highest BCUT2D eigenvalue weighted by molar-refractivity contribution is 7.91. The van der Waals surface area contributed by atoms with Gasteiger partial charge < -0.3 is 5.32 Å². The zero-order valence-corrected chi connectivity index (χ0v) is 13.2. The first kappa shape index (κ1) is 15.6. The maximum absolute atomic E-state index is 12.2. The van der Waals surface area contributed by atoms with E-state index in [0.717, 1.165) is 12.0 Å². The lowest BCUT2D eigenvalue weighted by Gasteiger charge is -2.11. The molecule has 114 valence electrons. The maximum Gasteiger partial charge on any atom is 0.180 e. The predicted molar refractivity (Wildman–Crippen MR) is 84.2 cm³/mol. The highest BCUT2D eigenvalue weighted by Crippen LogP contribution is 2.22. The molecule has 0 radical (unpaired) electrons. The molecule has 2 rings (SSSR count). The minimum absolute atomic E-state index is 0.175. The predicted octanol–water partition coefficient (Wildman–Crippen LogP) is 2.26. The lowest BCUT2D eigenvalue weighted by molar-refractivity contribution is 0.595. The van der Waals surface area contributed by atoms with Crippen LogP contribution in [0.1, 0.15) is 18.9 Å². The summed E-state index contributed by atoms with van der Waals surface area (Å²) in [6.07, 6.45) is 5.20.